The molecule has 4 heteroatoms. The predicted molar refractivity (Wildman–Crippen MR) is 83.0 cm³/mol. The number of halogens is 1. The van der Waals surface area contributed by atoms with Crippen molar-refractivity contribution in [2.75, 3.05) is 5.32 Å². The number of carbonyl (C=O) groups is 1. The molecule has 0 fully saturated rings. The van der Waals surface area contributed by atoms with Gasteiger partial charge in [0.25, 0.3) is 5.91 Å². The Kier molecular flexibility index (Phi) is 3.44. The molecule has 0 unspecified atom stereocenters. The first kappa shape index (κ1) is 12.5. The van der Waals surface area contributed by atoms with Crippen LogP contribution in [0.25, 0.3) is 6.08 Å². The molecule has 1 heterocycles. The monoisotopic (exact) mass is 331 g/mol. The highest BCUT2D eigenvalue weighted by Gasteiger charge is 2.20. The Hall–Kier alpha value is -1.52. The van der Waals surface area contributed by atoms with Crippen LogP contribution in [0.4, 0.5) is 5.69 Å². The molecule has 1 amide bonds. The van der Waals surface area contributed by atoms with Gasteiger partial charge in [-0.25, -0.2) is 0 Å². The zero-order valence-corrected chi connectivity index (χ0v) is 12.3. The second-order valence-corrected chi connectivity index (χ2v) is 6.11. The SMILES string of the molecule is O=C1Nc2ccccc2S/C1=C/c1ccc(Br)cc1. The Morgan fingerprint density at radius 1 is 1.05 bits per heavy atom. The van der Waals surface area contributed by atoms with Crippen LogP contribution in [0.5, 0.6) is 0 Å². The molecule has 0 atom stereocenters. The summed E-state index contributed by atoms with van der Waals surface area (Å²) in [7, 11) is 0. The van der Waals surface area contributed by atoms with Crippen molar-refractivity contribution in [1.82, 2.24) is 0 Å². The lowest BCUT2D eigenvalue weighted by Crippen LogP contribution is -2.16. The molecular formula is C15H10BrNOS. The number of thioether (sulfide) groups is 1. The molecule has 2 nitrogen and oxygen atoms in total. The quantitative estimate of drug-likeness (QED) is 0.777. The van der Waals surface area contributed by atoms with Gasteiger partial charge in [-0.1, -0.05) is 52.0 Å². The summed E-state index contributed by atoms with van der Waals surface area (Å²) in [5.74, 6) is -0.0494. The molecule has 1 aliphatic heterocycles. The minimum atomic E-state index is -0.0494. The van der Waals surface area contributed by atoms with Crippen molar-refractivity contribution in [2.45, 2.75) is 4.90 Å². The third-order valence-corrected chi connectivity index (χ3v) is 4.37. The number of fused-ring (bicyclic) bond motifs is 1. The molecule has 3 rings (SSSR count). The maximum atomic E-state index is 12.0. The van der Waals surface area contributed by atoms with Gasteiger partial charge in [-0.2, -0.15) is 0 Å². The van der Waals surface area contributed by atoms with E-state index in [-0.39, 0.29) is 5.91 Å². The Labute approximate surface area is 124 Å². The number of amides is 1. The van der Waals surface area contributed by atoms with Gasteiger partial charge in [0.2, 0.25) is 0 Å². The van der Waals surface area contributed by atoms with Crippen molar-refractivity contribution in [3.05, 3.63) is 63.5 Å². The molecule has 0 bridgehead atoms. The number of anilines is 1. The standard InChI is InChI=1S/C15H10BrNOS/c16-11-7-5-10(6-8-11)9-14-15(18)17-12-3-1-2-4-13(12)19-14/h1-9H,(H,17,18)/b14-9+. The summed E-state index contributed by atoms with van der Waals surface area (Å²) >= 11 is 4.90. The van der Waals surface area contributed by atoms with Gasteiger partial charge in [0.15, 0.2) is 0 Å². The Morgan fingerprint density at radius 2 is 1.79 bits per heavy atom. The van der Waals surface area contributed by atoms with Gasteiger partial charge in [0.1, 0.15) is 0 Å². The summed E-state index contributed by atoms with van der Waals surface area (Å²) in [5, 5.41) is 2.90. The van der Waals surface area contributed by atoms with Crippen molar-refractivity contribution in [3.63, 3.8) is 0 Å². The normalized spacial score (nSPS) is 16.1. The maximum Gasteiger partial charge on any atom is 0.262 e. The van der Waals surface area contributed by atoms with E-state index < -0.39 is 0 Å². The number of nitrogens with one attached hydrogen (secondary N) is 1. The van der Waals surface area contributed by atoms with E-state index in [1.165, 1.54) is 11.8 Å². The fourth-order valence-corrected chi connectivity index (χ4v) is 3.03. The van der Waals surface area contributed by atoms with Crippen molar-refractivity contribution in [3.8, 4) is 0 Å². The first-order valence-electron chi connectivity index (χ1n) is 5.78. The Morgan fingerprint density at radius 3 is 2.58 bits per heavy atom. The number of carbonyl (C=O) groups excluding carboxylic acids is 1. The van der Waals surface area contributed by atoms with Crippen LogP contribution >= 0.6 is 27.7 Å². The smallest absolute Gasteiger partial charge is 0.262 e. The number of hydrogen-bond acceptors (Lipinski definition) is 2. The Balaban J connectivity index is 1.94. The second kappa shape index (κ2) is 5.23. The molecule has 94 valence electrons. The summed E-state index contributed by atoms with van der Waals surface area (Å²) in [4.78, 5) is 13.8. The van der Waals surface area contributed by atoms with Crippen LogP contribution in [0, 0.1) is 0 Å². The molecule has 2 aromatic carbocycles. The number of benzene rings is 2. The lowest BCUT2D eigenvalue weighted by molar-refractivity contribution is -0.112. The van der Waals surface area contributed by atoms with Gasteiger partial charge in [-0.05, 0) is 35.9 Å². The molecule has 0 radical (unpaired) electrons. The summed E-state index contributed by atoms with van der Waals surface area (Å²) < 4.78 is 1.03. The average molecular weight is 332 g/mol. The number of hydrogen-bond donors (Lipinski definition) is 1. The zero-order chi connectivity index (χ0) is 13.2. The maximum absolute atomic E-state index is 12.0. The predicted octanol–water partition coefficient (Wildman–Crippen LogP) is 4.53. The third-order valence-electron chi connectivity index (χ3n) is 2.75. The van der Waals surface area contributed by atoms with Crippen molar-refractivity contribution < 1.29 is 4.79 Å². The molecular weight excluding hydrogens is 322 g/mol. The zero-order valence-electron chi connectivity index (χ0n) is 9.89. The van der Waals surface area contributed by atoms with E-state index in [4.69, 9.17) is 0 Å². The molecule has 0 saturated carbocycles. The van der Waals surface area contributed by atoms with Crippen LogP contribution in [-0.4, -0.2) is 5.91 Å². The minimum absolute atomic E-state index is 0.0494. The minimum Gasteiger partial charge on any atom is -0.320 e. The van der Waals surface area contributed by atoms with E-state index in [2.05, 4.69) is 21.2 Å². The highest BCUT2D eigenvalue weighted by atomic mass is 79.9. The summed E-state index contributed by atoms with van der Waals surface area (Å²) in [6.07, 6.45) is 1.91. The van der Waals surface area contributed by atoms with Gasteiger partial charge >= 0.3 is 0 Å². The van der Waals surface area contributed by atoms with Crippen LogP contribution in [0.2, 0.25) is 0 Å². The molecule has 0 spiro atoms. The topological polar surface area (TPSA) is 29.1 Å². The molecule has 0 aliphatic carbocycles. The lowest BCUT2D eigenvalue weighted by Gasteiger charge is -2.18. The van der Waals surface area contributed by atoms with Crippen molar-refractivity contribution in [2.24, 2.45) is 0 Å². The van der Waals surface area contributed by atoms with E-state index in [9.17, 15) is 4.79 Å². The van der Waals surface area contributed by atoms with E-state index in [1.54, 1.807) is 0 Å². The van der Waals surface area contributed by atoms with Crippen LogP contribution in [0.1, 0.15) is 5.56 Å². The van der Waals surface area contributed by atoms with E-state index in [1.807, 2.05) is 54.6 Å². The molecule has 0 aromatic heterocycles. The summed E-state index contributed by atoms with van der Waals surface area (Å²) in [6.45, 7) is 0. The van der Waals surface area contributed by atoms with Gasteiger partial charge in [0, 0.05) is 9.37 Å². The van der Waals surface area contributed by atoms with E-state index >= 15 is 0 Å². The van der Waals surface area contributed by atoms with Crippen LogP contribution in [0.3, 0.4) is 0 Å². The molecule has 19 heavy (non-hydrogen) atoms. The second-order valence-electron chi connectivity index (χ2n) is 4.11. The highest BCUT2D eigenvalue weighted by molar-refractivity contribution is 9.10. The van der Waals surface area contributed by atoms with Crippen LogP contribution in [-0.2, 0) is 4.79 Å². The average Bonchev–Trinajstić information content (AvgIpc) is 2.42. The van der Waals surface area contributed by atoms with Gasteiger partial charge in [-0.15, -0.1) is 0 Å². The fourth-order valence-electron chi connectivity index (χ4n) is 1.81. The molecule has 1 aliphatic rings. The number of para-hydroxylation sites is 1. The van der Waals surface area contributed by atoms with Gasteiger partial charge in [0.05, 0.1) is 10.6 Å². The van der Waals surface area contributed by atoms with E-state index in [0.29, 0.717) is 4.91 Å². The molecule has 1 N–H and O–H groups in total. The summed E-state index contributed by atoms with van der Waals surface area (Å²) in [5.41, 5.74) is 1.89. The third kappa shape index (κ3) is 2.74. The van der Waals surface area contributed by atoms with Crippen LogP contribution < -0.4 is 5.32 Å². The van der Waals surface area contributed by atoms with Crippen molar-refractivity contribution >= 4 is 45.4 Å². The summed E-state index contributed by atoms with van der Waals surface area (Å²) in [6, 6.07) is 15.7. The lowest BCUT2D eigenvalue weighted by atomic mass is 10.2. The number of rotatable bonds is 1. The fraction of sp³-hybridized carbons (Fsp3) is 0. The Bertz CT molecular complexity index is 664. The molecule has 0 saturated heterocycles. The highest BCUT2D eigenvalue weighted by Crippen LogP contribution is 2.38. The molecule has 2 aromatic rings. The largest absolute Gasteiger partial charge is 0.320 e. The van der Waals surface area contributed by atoms with Gasteiger partial charge < -0.3 is 5.32 Å². The van der Waals surface area contributed by atoms with E-state index in [0.717, 1.165) is 20.6 Å². The van der Waals surface area contributed by atoms with Crippen LogP contribution in [0.15, 0.2) is 62.8 Å². The van der Waals surface area contributed by atoms with Crippen molar-refractivity contribution in [1.29, 1.82) is 0 Å². The first-order valence-corrected chi connectivity index (χ1v) is 7.39. The van der Waals surface area contributed by atoms with Gasteiger partial charge in [-0.3, -0.25) is 4.79 Å². The first-order chi connectivity index (χ1) is 9.22.